The summed E-state index contributed by atoms with van der Waals surface area (Å²) in [5.74, 6) is -0.290. The zero-order valence-electron chi connectivity index (χ0n) is 13.0. The van der Waals surface area contributed by atoms with E-state index in [-0.39, 0.29) is 11.8 Å². The second-order valence-corrected chi connectivity index (χ2v) is 6.79. The van der Waals surface area contributed by atoms with E-state index in [0.717, 1.165) is 9.77 Å². The molecule has 2 aromatic carbocycles. The SMILES string of the molecule is FC(F)(F)c1cnc(Nc2ccc(Cl)cc2)nc1Nc1ccccc1I. The first-order chi connectivity index (χ1) is 12.3. The highest BCUT2D eigenvalue weighted by atomic mass is 127. The molecule has 0 saturated heterocycles. The molecule has 3 rings (SSSR count). The number of hydrogen-bond acceptors (Lipinski definition) is 4. The standard InChI is InChI=1S/C17H11ClF3IN4/c18-10-5-7-11(8-6-10)24-16-23-9-12(17(19,20)21)15(26-16)25-14-4-2-1-3-13(14)22/h1-9H,(H2,23,24,25,26). The molecule has 0 unspecified atom stereocenters. The van der Waals surface area contributed by atoms with Crippen LogP contribution in [0.2, 0.25) is 5.02 Å². The van der Waals surface area contributed by atoms with Gasteiger partial charge in [0.15, 0.2) is 0 Å². The van der Waals surface area contributed by atoms with E-state index < -0.39 is 11.7 Å². The fourth-order valence-corrected chi connectivity index (χ4v) is 2.75. The third-order valence-electron chi connectivity index (χ3n) is 3.32. The van der Waals surface area contributed by atoms with Gasteiger partial charge >= 0.3 is 6.18 Å². The number of nitrogens with one attached hydrogen (secondary N) is 2. The molecule has 3 aromatic rings. The maximum Gasteiger partial charge on any atom is 0.421 e. The lowest BCUT2D eigenvalue weighted by atomic mass is 10.2. The summed E-state index contributed by atoms with van der Waals surface area (Å²) in [5, 5.41) is 6.15. The molecule has 1 heterocycles. The van der Waals surface area contributed by atoms with E-state index in [1.165, 1.54) is 0 Å². The largest absolute Gasteiger partial charge is 0.421 e. The Morgan fingerprint density at radius 2 is 1.65 bits per heavy atom. The van der Waals surface area contributed by atoms with Crippen molar-refractivity contribution >= 4 is 57.3 Å². The Morgan fingerprint density at radius 1 is 0.962 bits per heavy atom. The second kappa shape index (κ2) is 7.67. The molecule has 26 heavy (non-hydrogen) atoms. The van der Waals surface area contributed by atoms with Crippen LogP contribution in [0.5, 0.6) is 0 Å². The summed E-state index contributed by atoms with van der Waals surface area (Å²) in [6.07, 6.45) is -3.83. The molecule has 0 saturated carbocycles. The van der Waals surface area contributed by atoms with Gasteiger partial charge < -0.3 is 10.6 Å². The van der Waals surface area contributed by atoms with Crippen molar-refractivity contribution in [2.75, 3.05) is 10.6 Å². The molecule has 0 spiro atoms. The van der Waals surface area contributed by atoms with E-state index in [1.54, 1.807) is 48.5 Å². The van der Waals surface area contributed by atoms with E-state index in [0.29, 0.717) is 16.4 Å². The van der Waals surface area contributed by atoms with Crippen LogP contribution in [0.25, 0.3) is 0 Å². The Morgan fingerprint density at radius 3 is 2.31 bits per heavy atom. The molecule has 9 heteroatoms. The van der Waals surface area contributed by atoms with Crippen molar-refractivity contribution in [3.63, 3.8) is 0 Å². The molecule has 0 radical (unpaired) electrons. The van der Waals surface area contributed by atoms with Gasteiger partial charge in [0.2, 0.25) is 5.95 Å². The highest BCUT2D eigenvalue weighted by molar-refractivity contribution is 14.1. The van der Waals surface area contributed by atoms with E-state index in [1.807, 2.05) is 22.6 Å². The van der Waals surface area contributed by atoms with Crippen LogP contribution in [0.3, 0.4) is 0 Å². The number of rotatable bonds is 4. The van der Waals surface area contributed by atoms with Gasteiger partial charge in [-0.2, -0.15) is 18.2 Å². The Hall–Kier alpha value is -2.07. The minimum absolute atomic E-state index is 0.0359. The van der Waals surface area contributed by atoms with Gasteiger partial charge in [0.1, 0.15) is 11.4 Å². The maximum absolute atomic E-state index is 13.3. The second-order valence-electron chi connectivity index (χ2n) is 5.19. The van der Waals surface area contributed by atoms with Crippen LogP contribution >= 0.6 is 34.2 Å². The topological polar surface area (TPSA) is 49.8 Å². The van der Waals surface area contributed by atoms with Crippen molar-refractivity contribution in [2.45, 2.75) is 6.18 Å². The first-order valence-electron chi connectivity index (χ1n) is 7.31. The number of anilines is 4. The zero-order valence-corrected chi connectivity index (χ0v) is 15.9. The number of aromatic nitrogens is 2. The maximum atomic E-state index is 13.3. The summed E-state index contributed by atoms with van der Waals surface area (Å²) in [7, 11) is 0. The van der Waals surface area contributed by atoms with Gasteiger partial charge in [-0.15, -0.1) is 0 Å². The van der Waals surface area contributed by atoms with Gasteiger partial charge in [-0.1, -0.05) is 23.7 Å². The van der Waals surface area contributed by atoms with Crippen LogP contribution in [0.4, 0.5) is 36.3 Å². The minimum atomic E-state index is -4.58. The number of alkyl halides is 3. The number of nitrogens with zero attached hydrogens (tertiary/aromatic N) is 2. The summed E-state index contributed by atoms with van der Waals surface area (Å²) >= 11 is 7.86. The summed E-state index contributed by atoms with van der Waals surface area (Å²) in [4.78, 5) is 7.77. The van der Waals surface area contributed by atoms with Crippen molar-refractivity contribution < 1.29 is 13.2 Å². The summed E-state index contributed by atoms with van der Waals surface area (Å²) in [6, 6.07) is 13.6. The van der Waals surface area contributed by atoms with Crippen LogP contribution in [0.1, 0.15) is 5.56 Å². The molecular formula is C17H11ClF3IN4. The quantitative estimate of drug-likeness (QED) is 0.425. The average Bonchev–Trinajstić information content (AvgIpc) is 2.58. The normalized spacial score (nSPS) is 11.3. The first kappa shape index (κ1) is 18.7. The Balaban J connectivity index is 1.96. The Labute approximate surface area is 166 Å². The molecular weight excluding hydrogens is 480 g/mol. The smallest absolute Gasteiger partial charge is 0.339 e. The lowest BCUT2D eigenvalue weighted by Gasteiger charge is -2.15. The van der Waals surface area contributed by atoms with Crippen LogP contribution in [-0.4, -0.2) is 9.97 Å². The number of benzene rings is 2. The third kappa shape index (κ3) is 4.55. The molecule has 0 fully saturated rings. The lowest BCUT2D eigenvalue weighted by Crippen LogP contribution is -2.13. The number of hydrogen-bond donors (Lipinski definition) is 2. The predicted octanol–water partition coefficient (Wildman–Crippen LogP) is 6.24. The molecule has 4 nitrogen and oxygen atoms in total. The summed E-state index contributed by atoms with van der Waals surface area (Å²) < 4.78 is 40.7. The van der Waals surface area contributed by atoms with Crippen molar-refractivity contribution in [3.05, 3.63) is 68.9 Å². The summed E-state index contributed by atoms with van der Waals surface area (Å²) in [5.41, 5.74) is 0.183. The highest BCUT2D eigenvalue weighted by Crippen LogP contribution is 2.36. The van der Waals surface area contributed by atoms with Gasteiger partial charge in [0.05, 0.1) is 5.69 Å². The molecule has 0 atom stereocenters. The van der Waals surface area contributed by atoms with E-state index in [2.05, 4.69) is 20.6 Å². The fourth-order valence-electron chi connectivity index (χ4n) is 2.10. The lowest BCUT2D eigenvalue weighted by molar-refractivity contribution is -0.137. The number of para-hydroxylation sites is 1. The molecule has 1 aromatic heterocycles. The van der Waals surface area contributed by atoms with E-state index in [4.69, 9.17) is 11.6 Å². The van der Waals surface area contributed by atoms with Crippen LogP contribution in [0.15, 0.2) is 54.7 Å². The molecule has 0 aliphatic heterocycles. The minimum Gasteiger partial charge on any atom is -0.339 e. The number of halogens is 5. The van der Waals surface area contributed by atoms with Crippen LogP contribution in [0, 0.1) is 3.57 Å². The van der Waals surface area contributed by atoms with Crippen molar-refractivity contribution in [1.82, 2.24) is 9.97 Å². The van der Waals surface area contributed by atoms with Gasteiger partial charge in [0, 0.05) is 20.5 Å². The average molecular weight is 491 g/mol. The first-order valence-corrected chi connectivity index (χ1v) is 8.77. The third-order valence-corrected chi connectivity index (χ3v) is 4.51. The molecule has 134 valence electrons. The molecule has 0 aliphatic carbocycles. The van der Waals surface area contributed by atoms with Gasteiger partial charge in [0.25, 0.3) is 0 Å². The van der Waals surface area contributed by atoms with Gasteiger partial charge in [-0.05, 0) is 59.0 Å². The van der Waals surface area contributed by atoms with Gasteiger partial charge in [-0.25, -0.2) is 4.98 Å². The summed E-state index contributed by atoms with van der Waals surface area (Å²) in [6.45, 7) is 0. The van der Waals surface area contributed by atoms with Crippen LogP contribution < -0.4 is 10.6 Å². The van der Waals surface area contributed by atoms with Gasteiger partial charge in [-0.3, -0.25) is 0 Å². The highest BCUT2D eigenvalue weighted by Gasteiger charge is 2.35. The molecule has 0 aliphatic rings. The molecule has 2 N–H and O–H groups in total. The molecule has 0 bridgehead atoms. The Kier molecular flexibility index (Phi) is 5.52. The molecule has 0 amide bonds. The zero-order chi connectivity index (χ0) is 18.7. The van der Waals surface area contributed by atoms with Crippen molar-refractivity contribution in [3.8, 4) is 0 Å². The van der Waals surface area contributed by atoms with E-state index in [9.17, 15) is 13.2 Å². The van der Waals surface area contributed by atoms with Crippen LogP contribution in [-0.2, 0) is 6.18 Å². The Bertz CT molecular complexity index is 917. The van der Waals surface area contributed by atoms with Crippen molar-refractivity contribution in [2.24, 2.45) is 0 Å². The van der Waals surface area contributed by atoms with E-state index >= 15 is 0 Å². The monoisotopic (exact) mass is 490 g/mol. The van der Waals surface area contributed by atoms with Crippen molar-refractivity contribution in [1.29, 1.82) is 0 Å². The predicted molar refractivity (Wildman–Crippen MR) is 104 cm³/mol. The fraction of sp³-hybridized carbons (Fsp3) is 0.0588.